The fraction of sp³-hybridized carbons (Fsp3) is 1.00. The zero-order chi connectivity index (χ0) is 12.4. The Morgan fingerprint density at radius 1 is 1.25 bits per heavy atom. The summed E-state index contributed by atoms with van der Waals surface area (Å²) in [4.78, 5) is 2.41. The Morgan fingerprint density at radius 2 is 1.94 bits per heavy atom. The summed E-state index contributed by atoms with van der Waals surface area (Å²) >= 11 is 0. The van der Waals surface area contributed by atoms with Crippen molar-refractivity contribution in [2.24, 2.45) is 5.92 Å². The lowest BCUT2D eigenvalue weighted by Gasteiger charge is -2.24. The Bertz CT molecular complexity index is 151. The molecule has 0 bridgehead atoms. The van der Waals surface area contributed by atoms with E-state index in [0.29, 0.717) is 6.04 Å². The topological polar surface area (TPSA) is 24.5 Å². The fourth-order valence-corrected chi connectivity index (χ4v) is 1.60. The third-order valence-corrected chi connectivity index (χ3v) is 2.90. The molecule has 0 aliphatic rings. The Labute approximate surface area is 102 Å². The molecule has 0 amide bonds. The minimum Gasteiger partial charge on any atom is -0.385 e. The second kappa shape index (κ2) is 10.1. The van der Waals surface area contributed by atoms with Crippen molar-refractivity contribution in [2.45, 2.75) is 39.7 Å². The van der Waals surface area contributed by atoms with Gasteiger partial charge in [-0.1, -0.05) is 13.8 Å². The van der Waals surface area contributed by atoms with Crippen LogP contribution in [0.25, 0.3) is 0 Å². The molecule has 0 saturated heterocycles. The summed E-state index contributed by atoms with van der Waals surface area (Å²) in [5, 5.41) is 3.49. The van der Waals surface area contributed by atoms with E-state index in [1.54, 1.807) is 7.11 Å². The first-order chi connectivity index (χ1) is 7.57. The van der Waals surface area contributed by atoms with Gasteiger partial charge in [-0.2, -0.15) is 0 Å². The highest BCUT2D eigenvalue weighted by Gasteiger charge is 2.07. The number of hydrogen-bond acceptors (Lipinski definition) is 3. The normalized spacial score (nSPS) is 13.7. The number of rotatable bonds is 10. The molecule has 0 saturated carbocycles. The Balaban J connectivity index is 3.43. The van der Waals surface area contributed by atoms with E-state index in [0.717, 1.165) is 38.6 Å². The van der Waals surface area contributed by atoms with Gasteiger partial charge in [0.25, 0.3) is 0 Å². The quantitative estimate of drug-likeness (QED) is 0.581. The number of nitrogens with one attached hydrogen (secondary N) is 1. The lowest BCUT2D eigenvalue weighted by molar-refractivity contribution is 0.166. The minimum absolute atomic E-state index is 0.650. The molecule has 0 heterocycles. The molecule has 1 atom stereocenters. The molecule has 1 unspecified atom stereocenters. The van der Waals surface area contributed by atoms with Crippen molar-refractivity contribution in [2.75, 3.05) is 40.4 Å². The largest absolute Gasteiger partial charge is 0.385 e. The van der Waals surface area contributed by atoms with E-state index in [2.05, 4.69) is 38.0 Å². The van der Waals surface area contributed by atoms with Crippen molar-refractivity contribution in [1.29, 1.82) is 0 Å². The van der Waals surface area contributed by atoms with Crippen molar-refractivity contribution in [3.8, 4) is 0 Å². The summed E-state index contributed by atoms with van der Waals surface area (Å²) in [7, 11) is 3.96. The zero-order valence-corrected chi connectivity index (χ0v) is 11.8. The van der Waals surface area contributed by atoms with E-state index < -0.39 is 0 Å². The second-order valence-corrected chi connectivity index (χ2v) is 5.06. The van der Waals surface area contributed by atoms with Gasteiger partial charge < -0.3 is 15.0 Å². The molecule has 1 N–H and O–H groups in total. The molecular weight excluding hydrogens is 200 g/mol. The third kappa shape index (κ3) is 9.13. The first-order valence-corrected chi connectivity index (χ1v) is 6.47. The van der Waals surface area contributed by atoms with Crippen LogP contribution in [0, 0.1) is 5.92 Å². The second-order valence-electron chi connectivity index (χ2n) is 5.06. The first kappa shape index (κ1) is 15.9. The molecule has 0 fully saturated rings. The van der Waals surface area contributed by atoms with Crippen LogP contribution < -0.4 is 5.32 Å². The monoisotopic (exact) mass is 230 g/mol. The van der Waals surface area contributed by atoms with E-state index in [4.69, 9.17) is 4.74 Å². The summed E-state index contributed by atoms with van der Waals surface area (Å²) in [5.41, 5.74) is 0. The van der Waals surface area contributed by atoms with Crippen LogP contribution in [-0.4, -0.2) is 51.3 Å². The predicted octanol–water partition coefficient (Wildman–Crippen LogP) is 1.98. The number of ether oxygens (including phenoxy) is 1. The van der Waals surface area contributed by atoms with Crippen LogP contribution in [-0.2, 0) is 4.74 Å². The van der Waals surface area contributed by atoms with Gasteiger partial charge in [0, 0.05) is 26.3 Å². The van der Waals surface area contributed by atoms with Gasteiger partial charge in [0.15, 0.2) is 0 Å². The van der Waals surface area contributed by atoms with Gasteiger partial charge in [0.2, 0.25) is 0 Å². The maximum absolute atomic E-state index is 5.06. The number of hydrogen-bond donors (Lipinski definition) is 1. The zero-order valence-electron chi connectivity index (χ0n) is 11.8. The molecular formula is C13H30N2O. The first-order valence-electron chi connectivity index (χ1n) is 6.47. The average Bonchev–Trinajstić information content (AvgIpc) is 2.24. The van der Waals surface area contributed by atoms with Crippen LogP contribution in [0.4, 0.5) is 0 Å². The molecule has 3 heteroatoms. The molecule has 0 spiro atoms. The smallest absolute Gasteiger partial charge is 0.0474 e. The predicted molar refractivity (Wildman–Crippen MR) is 70.9 cm³/mol. The highest BCUT2D eigenvalue weighted by molar-refractivity contribution is 4.65. The van der Waals surface area contributed by atoms with Gasteiger partial charge in [-0.15, -0.1) is 0 Å². The lowest BCUT2D eigenvalue weighted by Crippen LogP contribution is -2.34. The van der Waals surface area contributed by atoms with Crippen molar-refractivity contribution in [3.63, 3.8) is 0 Å². The summed E-state index contributed by atoms with van der Waals surface area (Å²) in [5.74, 6) is 0.745. The average molecular weight is 230 g/mol. The van der Waals surface area contributed by atoms with Gasteiger partial charge in [0.1, 0.15) is 0 Å². The summed E-state index contributed by atoms with van der Waals surface area (Å²) in [6.07, 6.45) is 2.34. The van der Waals surface area contributed by atoms with Gasteiger partial charge in [-0.05, 0) is 45.8 Å². The van der Waals surface area contributed by atoms with Crippen molar-refractivity contribution in [1.82, 2.24) is 10.2 Å². The van der Waals surface area contributed by atoms with Crippen LogP contribution in [0.1, 0.15) is 33.6 Å². The van der Waals surface area contributed by atoms with Crippen LogP contribution >= 0.6 is 0 Å². The summed E-state index contributed by atoms with van der Waals surface area (Å²) < 4.78 is 5.06. The number of nitrogens with zero attached hydrogens (tertiary/aromatic N) is 1. The van der Waals surface area contributed by atoms with Crippen LogP contribution in [0.3, 0.4) is 0 Å². The van der Waals surface area contributed by atoms with Gasteiger partial charge in [-0.25, -0.2) is 0 Å². The minimum atomic E-state index is 0.650. The van der Waals surface area contributed by atoms with E-state index in [1.807, 2.05) is 0 Å². The maximum atomic E-state index is 5.06. The van der Waals surface area contributed by atoms with Crippen molar-refractivity contribution < 1.29 is 4.74 Å². The Kier molecular flexibility index (Phi) is 9.99. The Hall–Kier alpha value is -0.120. The summed E-state index contributed by atoms with van der Waals surface area (Å²) in [6, 6.07) is 0.650. The summed E-state index contributed by atoms with van der Waals surface area (Å²) in [6.45, 7) is 11.0. The van der Waals surface area contributed by atoms with E-state index >= 15 is 0 Å². The Morgan fingerprint density at radius 3 is 2.50 bits per heavy atom. The molecule has 0 aromatic heterocycles. The molecule has 0 aliphatic carbocycles. The fourth-order valence-electron chi connectivity index (χ4n) is 1.60. The molecule has 0 aromatic carbocycles. The number of methoxy groups -OCH3 is 1. The standard InChI is InChI=1S/C13H30N2O/c1-12(2)11-14-8-7-13(3)15(4)9-6-10-16-5/h12-14H,6-11H2,1-5H3. The van der Waals surface area contributed by atoms with Crippen molar-refractivity contribution in [3.05, 3.63) is 0 Å². The van der Waals surface area contributed by atoms with E-state index in [1.165, 1.54) is 6.42 Å². The van der Waals surface area contributed by atoms with Gasteiger partial charge in [-0.3, -0.25) is 0 Å². The molecule has 3 nitrogen and oxygen atoms in total. The highest BCUT2D eigenvalue weighted by Crippen LogP contribution is 2.01. The third-order valence-electron chi connectivity index (χ3n) is 2.90. The molecule has 0 radical (unpaired) electrons. The molecule has 0 aliphatic heterocycles. The SMILES string of the molecule is COCCCN(C)C(C)CCNCC(C)C. The molecule has 16 heavy (non-hydrogen) atoms. The highest BCUT2D eigenvalue weighted by atomic mass is 16.5. The molecule has 0 rings (SSSR count). The van der Waals surface area contributed by atoms with E-state index in [-0.39, 0.29) is 0 Å². The van der Waals surface area contributed by atoms with Crippen LogP contribution in [0.15, 0.2) is 0 Å². The van der Waals surface area contributed by atoms with E-state index in [9.17, 15) is 0 Å². The lowest BCUT2D eigenvalue weighted by atomic mass is 10.2. The van der Waals surface area contributed by atoms with Gasteiger partial charge in [0.05, 0.1) is 0 Å². The molecule has 0 aromatic rings. The maximum Gasteiger partial charge on any atom is 0.0474 e. The molecule has 98 valence electrons. The van der Waals surface area contributed by atoms with Crippen LogP contribution in [0.5, 0.6) is 0 Å². The van der Waals surface area contributed by atoms with Crippen molar-refractivity contribution >= 4 is 0 Å². The van der Waals surface area contributed by atoms with Crippen LogP contribution in [0.2, 0.25) is 0 Å². The van der Waals surface area contributed by atoms with Gasteiger partial charge >= 0.3 is 0 Å².